The first-order chi connectivity index (χ1) is 8.88. The number of anilines is 1. The molecule has 108 valence electrons. The van der Waals surface area contributed by atoms with Gasteiger partial charge < -0.3 is 10.2 Å². The molecule has 0 amide bonds. The molecular formula is C16H27ClN2. The molecule has 1 aromatic rings. The minimum atomic E-state index is 0.337. The van der Waals surface area contributed by atoms with E-state index in [-0.39, 0.29) is 0 Å². The Bertz CT molecular complexity index is 404. The van der Waals surface area contributed by atoms with Crippen molar-refractivity contribution >= 4 is 17.3 Å². The molecule has 0 heterocycles. The highest BCUT2D eigenvalue weighted by atomic mass is 35.5. The fraction of sp³-hybridized carbons (Fsp3) is 0.625. The van der Waals surface area contributed by atoms with Crippen LogP contribution in [-0.4, -0.2) is 19.6 Å². The van der Waals surface area contributed by atoms with E-state index in [4.69, 9.17) is 11.6 Å². The quantitative estimate of drug-likeness (QED) is 0.827. The zero-order valence-electron chi connectivity index (χ0n) is 13.0. The second-order valence-corrected chi connectivity index (χ2v) is 5.99. The van der Waals surface area contributed by atoms with Crippen molar-refractivity contribution in [1.82, 2.24) is 5.32 Å². The summed E-state index contributed by atoms with van der Waals surface area (Å²) in [4.78, 5) is 2.26. The predicted octanol–water partition coefficient (Wildman–Crippen LogP) is 4.49. The van der Waals surface area contributed by atoms with Gasteiger partial charge in [-0.3, -0.25) is 0 Å². The van der Waals surface area contributed by atoms with Gasteiger partial charge in [0.2, 0.25) is 0 Å². The Kier molecular flexibility index (Phi) is 6.15. The van der Waals surface area contributed by atoms with Crippen molar-refractivity contribution in [3.63, 3.8) is 0 Å². The molecule has 0 saturated carbocycles. The molecule has 0 spiro atoms. The molecular weight excluding hydrogens is 256 g/mol. The van der Waals surface area contributed by atoms with Crippen molar-refractivity contribution in [2.24, 2.45) is 5.92 Å². The molecule has 2 atom stereocenters. The lowest BCUT2D eigenvalue weighted by Crippen LogP contribution is -2.33. The van der Waals surface area contributed by atoms with Gasteiger partial charge in [0.15, 0.2) is 0 Å². The topological polar surface area (TPSA) is 15.3 Å². The monoisotopic (exact) mass is 282 g/mol. The van der Waals surface area contributed by atoms with Crippen LogP contribution in [0.15, 0.2) is 18.2 Å². The highest BCUT2D eigenvalue weighted by Gasteiger charge is 2.16. The van der Waals surface area contributed by atoms with Gasteiger partial charge in [-0.15, -0.1) is 0 Å². The molecule has 1 aromatic carbocycles. The van der Waals surface area contributed by atoms with Gasteiger partial charge in [0.05, 0.1) is 10.7 Å². The normalized spacial score (nSPS) is 14.5. The average Bonchev–Trinajstić information content (AvgIpc) is 2.37. The summed E-state index contributed by atoms with van der Waals surface area (Å²) in [6.07, 6.45) is 0. The molecule has 0 saturated heterocycles. The highest BCUT2D eigenvalue weighted by Crippen LogP contribution is 2.30. The van der Waals surface area contributed by atoms with Crippen LogP contribution >= 0.6 is 11.6 Å². The van der Waals surface area contributed by atoms with Crippen molar-refractivity contribution in [3.8, 4) is 0 Å². The number of nitrogens with zero attached hydrogens (tertiary/aromatic N) is 1. The summed E-state index contributed by atoms with van der Waals surface area (Å²) < 4.78 is 0. The number of hydrogen-bond acceptors (Lipinski definition) is 2. The minimum Gasteiger partial charge on any atom is -0.370 e. The first kappa shape index (κ1) is 16.3. The van der Waals surface area contributed by atoms with Crippen LogP contribution in [0.25, 0.3) is 0 Å². The average molecular weight is 283 g/mol. The van der Waals surface area contributed by atoms with Crippen molar-refractivity contribution < 1.29 is 0 Å². The fourth-order valence-electron chi connectivity index (χ4n) is 2.17. The molecule has 1 rings (SSSR count). The van der Waals surface area contributed by atoms with Gasteiger partial charge in [-0.05, 0) is 44.0 Å². The molecule has 3 heteroatoms. The van der Waals surface area contributed by atoms with Crippen molar-refractivity contribution in [1.29, 1.82) is 0 Å². The van der Waals surface area contributed by atoms with E-state index >= 15 is 0 Å². The van der Waals surface area contributed by atoms with E-state index in [0.29, 0.717) is 18.0 Å². The van der Waals surface area contributed by atoms with E-state index in [2.05, 4.69) is 70.1 Å². The van der Waals surface area contributed by atoms with Gasteiger partial charge in [-0.1, -0.05) is 38.4 Å². The maximum Gasteiger partial charge on any atom is 0.0642 e. The third kappa shape index (κ3) is 4.12. The van der Waals surface area contributed by atoms with Crippen LogP contribution in [0.4, 0.5) is 5.69 Å². The molecule has 0 aliphatic carbocycles. The standard InChI is InChI=1S/C16H27ClN2/c1-7-18-12(4)14-8-9-16(15(17)10-14)19(6)13(5)11(2)3/h8-13,18H,7H2,1-6H3. The van der Waals surface area contributed by atoms with E-state index in [1.807, 2.05) is 0 Å². The molecule has 1 N–H and O–H groups in total. The maximum atomic E-state index is 6.45. The summed E-state index contributed by atoms with van der Waals surface area (Å²) in [6, 6.07) is 7.18. The van der Waals surface area contributed by atoms with Gasteiger partial charge in [-0.2, -0.15) is 0 Å². The van der Waals surface area contributed by atoms with Crippen LogP contribution < -0.4 is 10.2 Å². The fourth-order valence-corrected chi connectivity index (χ4v) is 2.49. The molecule has 2 unspecified atom stereocenters. The molecule has 0 bridgehead atoms. The Hall–Kier alpha value is -0.730. The zero-order valence-corrected chi connectivity index (χ0v) is 13.8. The Morgan fingerprint density at radius 3 is 2.32 bits per heavy atom. The van der Waals surface area contributed by atoms with E-state index < -0.39 is 0 Å². The molecule has 19 heavy (non-hydrogen) atoms. The summed E-state index contributed by atoms with van der Waals surface area (Å²) in [6.45, 7) is 11.9. The number of rotatable bonds is 6. The SMILES string of the molecule is CCNC(C)c1ccc(N(C)C(C)C(C)C)c(Cl)c1. The molecule has 2 nitrogen and oxygen atoms in total. The molecule has 0 fully saturated rings. The van der Waals surface area contributed by atoms with E-state index in [1.165, 1.54) is 5.56 Å². The molecule has 0 aromatic heterocycles. The number of benzene rings is 1. The highest BCUT2D eigenvalue weighted by molar-refractivity contribution is 6.33. The number of hydrogen-bond donors (Lipinski definition) is 1. The third-order valence-electron chi connectivity index (χ3n) is 3.94. The predicted molar refractivity (Wildman–Crippen MR) is 86.2 cm³/mol. The van der Waals surface area contributed by atoms with Crippen molar-refractivity contribution in [2.45, 2.75) is 46.7 Å². The van der Waals surface area contributed by atoms with Gasteiger partial charge >= 0.3 is 0 Å². The van der Waals surface area contributed by atoms with Crippen LogP contribution in [0.2, 0.25) is 5.02 Å². The first-order valence-corrected chi connectivity index (χ1v) is 7.51. The summed E-state index contributed by atoms with van der Waals surface area (Å²) in [5, 5.41) is 4.24. The smallest absolute Gasteiger partial charge is 0.0642 e. The van der Waals surface area contributed by atoms with Gasteiger partial charge in [0.25, 0.3) is 0 Å². The number of halogens is 1. The molecule has 0 aliphatic rings. The van der Waals surface area contributed by atoms with E-state index in [1.54, 1.807) is 0 Å². The summed E-state index contributed by atoms with van der Waals surface area (Å²) in [5.41, 5.74) is 2.34. The van der Waals surface area contributed by atoms with Gasteiger partial charge in [0, 0.05) is 19.1 Å². The van der Waals surface area contributed by atoms with E-state index in [9.17, 15) is 0 Å². The maximum absolute atomic E-state index is 6.45. The lowest BCUT2D eigenvalue weighted by molar-refractivity contribution is 0.505. The second-order valence-electron chi connectivity index (χ2n) is 5.59. The largest absolute Gasteiger partial charge is 0.370 e. The van der Waals surface area contributed by atoms with Crippen LogP contribution in [0, 0.1) is 5.92 Å². The third-order valence-corrected chi connectivity index (χ3v) is 4.24. The Balaban J connectivity index is 2.94. The Morgan fingerprint density at radius 2 is 1.84 bits per heavy atom. The molecule has 0 radical (unpaired) electrons. The van der Waals surface area contributed by atoms with Gasteiger partial charge in [-0.25, -0.2) is 0 Å². The lowest BCUT2D eigenvalue weighted by atomic mass is 10.0. The van der Waals surface area contributed by atoms with Crippen LogP contribution in [0.3, 0.4) is 0 Å². The van der Waals surface area contributed by atoms with Crippen molar-refractivity contribution in [3.05, 3.63) is 28.8 Å². The second kappa shape index (κ2) is 7.16. The zero-order chi connectivity index (χ0) is 14.6. The van der Waals surface area contributed by atoms with E-state index in [0.717, 1.165) is 17.3 Å². The summed E-state index contributed by atoms with van der Waals surface area (Å²) >= 11 is 6.45. The number of nitrogens with one attached hydrogen (secondary N) is 1. The first-order valence-electron chi connectivity index (χ1n) is 7.14. The summed E-state index contributed by atoms with van der Waals surface area (Å²) in [7, 11) is 2.11. The van der Waals surface area contributed by atoms with Crippen LogP contribution in [0.5, 0.6) is 0 Å². The molecule has 0 aliphatic heterocycles. The van der Waals surface area contributed by atoms with Crippen LogP contribution in [0.1, 0.15) is 46.2 Å². The lowest BCUT2D eigenvalue weighted by Gasteiger charge is -2.31. The Morgan fingerprint density at radius 1 is 1.21 bits per heavy atom. The van der Waals surface area contributed by atoms with Crippen molar-refractivity contribution in [2.75, 3.05) is 18.5 Å². The van der Waals surface area contributed by atoms with Crippen LogP contribution in [-0.2, 0) is 0 Å². The summed E-state index contributed by atoms with van der Waals surface area (Å²) in [5.74, 6) is 0.599. The minimum absolute atomic E-state index is 0.337. The van der Waals surface area contributed by atoms with Gasteiger partial charge in [0.1, 0.15) is 0 Å². The Labute approximate surface area is 123 Å².